The lowest BCUT2D eigenvalue weighted by Gasteiger charge is -2.12. The number of rotatable bonds is 5. The number of ether oxygens (including phenoxy) is 1. The van der Waals surface area contributed by atoms with Crippen molar-refractivity contribution in [3.8, 4) is 11.6 Å². The predicted octanol–water partition coefficient (Wildman–Crippen LogP) is 3.78. The highest BCUT2D eigenvalue weighted by atomic mass is 16.5. The van der Waals surface area contributed by atoms with Crippen molar-refractivity contribution in [2.45, 2.75) is 6.61 Å². The molecule has 0 fully saturated rings. The number of nitrogens with zero attached hydrogens (tertiary/aromatic N) is 2. The van der Waals surface area contributed by atoms with Crippen molar-refractivity contribution in [1.29, 1.82) is 0 Å². The third kappa shape index (κ3) is 3.48. The lowest BCUT2D eigenvalue weighted by Crippen LogP contribution is -2.18. The molecule has 2 heterocycles. The average molecular weight is 356 g/mol. The second-order valence-corrected chi connectivity index (χ2v) is 6.07. The molecule has 2 aromatic heterocycles. The average Bonchev–Trinajstić information content (AvgIpc) is 2.73. The summed E-state index contributed by atoms with van der Waals surface area (Å²) < 4.78 is 7.40. The van der Waals surface area contributed by atoms with Crippen LogP contribution in [0, 0.1) is 0 Å². The van der Waals surface area contributed by atoms with Gasteiger partial charge in [0, 0.05) is 23.9 Å². The molecule has 0 aliphatic carbocycles. The van der Waals surface area contributed by atoms with E-state index in [2.05, 4.69) is 4.98 Å². The summed E-state index contributed by atoms with van der Waals surface area (Å²) in [6.45, 7) is 0.440. The third-order valence-electron chi connectivity index (χ3n) is 4.25. The maximum Gasteiger partial charge on any atom is 0.256 e. The minimum Gasteiger partial charge on any atom is -0.489 e. The number of hydrogen-bond donors (Lipinski definition) is 0. The van der Waals surface area contributed by atoms with Gasteiger partial charge in [0.05, 0.1) is 5.52 Å². The number of carbonyl (C=O) groups excluding carboxylic acids is 1. The maximum absolute atomic E-state index is 12.5. The van der Waals surface area contributed by atoms with Crippen molar-refractivity contribution in [2.24, 2.45) is 0 Å². The Bertz CT molecular complexity index is 1150. The second kappa shape index (κ2) is 7.25. The smallest absolute Gasteiger partial charge is 0.256 e. The third-order valence-corrected chi connectivity index (χ3v) is 4.25. The van der Waals surface area contributed by atoms with Crippen LogP contribution < -0.4 is 10.3 Å². The minimum atomic E-state index is -0.200. The normalized spacial score (nSPS) is 10.7. The fraction of sp³-hybridized carbons (Fsp3) is 0.0455. The lowest BCUT2D eigenvalue weighted by atomic mass is 10.2. The molecule has 0 N–H and O–H groups in total. The molecule has 0 bridgehead atoms. The predicted molar refractivity (Wildman–Crippen MR) is 104 cm³/mol. The molecule has 0 saturated carbocycles. The van der Waals surface area contributed by atoms with Gasteiger partial charge in [-0.05, 0) is 41.3 Å². The van der Waals surface area contributed by atoms with E-state index in [4.69, 9.17) is 4.74 Å². The van der Waals surface area contributed by atoms with E-state index < -0.39 is 0 Å². The Kier molecular flexibility index (Phi) is 4.49. The van der Waals surface area contributed by atoms with Gasteiger partial charge in [0.1, 0.15) is 18.2 Å². The molecule has 132 valence electrons. The maximum atomic E-state index is 12.5. The number of aromatic nitrogens is 2. The molecule has 0 saturated heterocycles. The summed E-state index contributed by atoms with van der Waals surface area (Å²) in [5, 5.41) is 0.892. The molecule has 0 spiro atoms. The van der Waals surface area contributed by atoms with E-state index in [1.807, 2.05) is 48.5 Å². The monoisotopic (exact) mass is 356 g/mol. The van der Waals surface area contributed by atoms with Crippen molar-refractivity contribution < 1.29 is 9.53 Å². The Labute approximate surface area is 155 Å². The molecular weight excluding hydrogens is 340 g/mol. The topological polar surface area (TPSA) is 61.2 Å². The fourth-order valence-electron chi connectivity index (χ4n) is 2.88. The van der Waals surface area contributed by atoms with E-state index in [-0.39, 0.29) is 5.56 Å². The summed E-state index contributed by atoms with van der Waals surface area (Å²) in [6.07, 6.45) is 2.17. The number of carbonyl (C=O) groups is 1. The first kappa shape index (κ1) is 16.7. The Balaban J connectivity index is 1.75. The summed E-state index contributed by atoms with van der Waals surface area (Å²) >= 11 is 0. The molecule has 0 unspecified atom stereocenters. The van der Waals surface area contributed by atoms with Gasteiger partial charge in [-0.1, -0.05) is 30.3 Å². The highest BCUT2D eigenvalue weighted by molar-refractivity contribution is 5.82. The van der Waals surface area contributed by atoms with Crippen LogP contribution >= 0.6 is 0 Å². The standard InChI is InChI=1S/C22H16N2O3/c25-14-17-6-10-21(23-13-17)24-20-12-19(9-7-18(20)8-11-22(24)26)27-15-16-4-2-1-3-5-16/h1-14H,15H2. The zero-order valence-corrected chi connectivity index (χ0v) is 14.4. The van der Waals surface area contributed by atoms with Crippen LogP contribution in [0.3, 0.4) is 0 Å². The summed E-state index contributed by atoms with van der Waals surface area (Å²) in [5.41, 5.74) is 2.02. The van der Waals surface area contributed by atoms with Crippen molar-refractivity contribution in [1.82, 2.24) is 9.55 Å². The van der Waals surface area contributed by atoms with Gasteiger partial charge in [-0.15, -0.1) is 0 Å². The number of fused-ring (bicyclic) bond motifs is 1. The van der Waals surface area contributed by atoms with E-state index >= 15 is 0 Å². The molecular formula is C22H16N2O3. The molecule has 5 nitrogen and oxygen atoms in total. The van der Waals surface area contributed by atoms with Gasteiger partial charge in [0.25, 0.3) is 5.56 Å². The molecule has 4 aromatic rings. The van der Waals surface area contributed by atoms with Crippen LogP contribution in [0.15, 0.2) is 83.8 Å². The van der Waals surface area contributed by atoms with Gasteiger partial charge in [-0.2, -0.15) is 0 Å². The number of aldehydes is 1. The molecule has 0 radical (unpaired) electrons. The number of benzene rings is 2. The van der Waals surface area contributed by atoms with Crippen LogP contribution in [0.4, 0.5) is 0 Å². The SMILES string of the molecule is O=Cc1ccc(-n2c(=O)ccc3ccc(OCc4ccccc4)cc32)nc1. The van der Waals surface area contributed by atoms with E-state index in [9.17, 15) is 9.59 Å². The van der Waals surface area contributed by atoms with Crippen molar-refractivity contribution in [3.05, 3.63) is 100 Å². The zero-order chi connectivity index (χ0) is 18.6. The number of pyridine rings is 2. The second-order valence-electron chi connectivity index (χ2n) is 6.07. The van der Waals surface area contributed by atoms with Crippen LogP contribution in [0.2, 0.25) is 0 Å². The van der Waals surface area contributed by atoms with Crippen LogP contribution in [0.5, 0.6) is 5.75 Å². The largest absolute Gasteiger partial charge is 0.489 e. The highest BCUT2D eigenvalue weighted by Gasteiger charge is 2.08. The summed E-state index contributed by atoms with van der Waals surface area (Å²) in [6, 6.07) is 22.1. The van der Waals surface area contributed by atoms with Gasteiger partial charge in [-0.3, -0.25) is 14.2 Å². The number of hydrogen-bond acceptors (Lipinski definition) is 4. The highest BCUT2D eigenvalue weighted by Crippen LogP contribution is 2.22. The molecule has 0 aliphatic heterocycles. The Morgan fingerprint density at radius 3 is 2.52 bits per heavy atom. The van der Waals surface area contributed by atoms with E-state index in [0.717, 1.165) is 17.2 Å². The molecule has 2 aromatic carbocycles. The van der Waals surface area contributed by atoms with Gasteiger partial charge in [0.2, 0.25) is 0 Å². The van der Waals surface area contributed by atoms with Crippen LogP contribution in [0.1, 0.15) is 15.9 Å². The van der Waals surface area contributed by atoms with Gasteiger partial charge in [-0.25, -0.2) is 4.98 Å². The molecule has 0 amide bonds. The molecule has 0 atom stereocenters. The van der Waals surface area contributed by atoms with Crippen molar-refractivity contribution in [2.75, 3.05) is 0 Å². The van der Waals surface area contributed by atoms with Gasteiger partial charge < -0.3 is 4.74 Å². The fourth-order valence-corrected chi connectivity index (χ4v) is 2.88. The van der Waals surface area contributed by atoms with Gasteiger partial charge in [0.15, 0.2) is 6.29 Å². The zero-order valence-electron chi connectivity index (χ0n) is 14.4. The minimum absolute atomic E-state index is 0.200. The van der Waals surface area contributed by atoms with Crippen LogP contribution in [-0.4, -0.2) is 15.8 Å². The van der Waals surface area contributed by atoms with Crippen LogP contribution in [-0.2, 0) is 6.61 Å². The van der Waals surface area contributed by atoms with Crippen molar-refractivity contribution >= 4 is 17.2 Å². The lowest BCUT2D eigenvalue weighted by molar-refractivity contribution is 0.112. The summed E-state index contributed by atoms with van der Waals surface area (Å²) in [4.78, 5) is 27.6. The Morgan fingerprint density at radius 2 is 1.78 bits per heavy atom. The Hall–Kier alpha value is -3.73. The molecule has 27 heavy (non-hydrogen) atoms. The summed E-state index contributed by atoms with van der Waals surface area (Å²) in [5.74, 6) is 1.12. The van der Waals surface area contributed by atoms with E-state index in [1.54, 1.807) is 18.2 Å². The van der Waals surface area contributed by atoms with Gasteiger partial charge >= 0.3 is 0 Å². The molecule has 5 heteroatoms. The van der Waals surface area contributed by atoms with Crippen molar-refractivity contribution in [3.63, 3.8) is 0 Å². The first-order valence-electron chi connectivity index (χ1n) is 8.49. The van der Waals surface area contributed by atoms with Crippen LogP contribution in [0.25, 0.3) is 16.7 Å². The summed E-state index contributed by atoms with van der Waals surface area (Å²) in [7, 11) is 0. The van der Waals surface area contributed by atoms with E-state index in [0.29, 0.717) is 29.3 Å². The first-order valence-corrected chi connectivity index (χ1v) is 8.49. The quantitative estimate of drug-likeness (QED) is 0.511. The molecule has 4 rings (SSSR count). The van der Waals surface area contributed by atoms with E-state index in [1.165, 1.54) is 16.8 Å². The molecule has 0 aliphatic rings. The Morgan fingerprint density at radius 1 is 0.963 bits per heavy atom. The first-order chi connectivity index (χ1) is 13.2.